The first-order chi connectivity index (χ1) is 14.5. The van der Waals surface area contributed by atoms with Gasteiger partial charge in [0.15, 0.2) is 5.69 Å². The minimum atomic E-state index is -4.63. The fourth-order valence-corrected chi connectivity index (χ4v) is 4.18. The summed E-state index contributed by atoms with van der Waals surface area (Å²) in [6.07, 6.45) is -3.70. The number of carbonyl (C=O) groups excluding carboxylic acids is 1. The second kappa shape index (κ2) is 8.80. The van der Waals surface area contributed by atoms with E-state index in [1.807, 2.05) is 13.0 Å². The molecular formula is C20H19ClF3N5OS. The molecule has 0 bridgehead atoms. The number of nitrogens with two attached hydrogens (primary N) is 1. The molecular weight excluding hydrogens is 451 g/mol. The van der Waals surface area contributed by atoms with Crippen molar-refractivity contribution in [2.24, 2.45) is 7.05 Å². The van der Waals surface area contributed by atoms with Crippen LogP contribution in [0.5, 0.6) is 0 Å². The zero-order chi connectivity index (χ0) is 22.9. The number of hydrogen-bond acceptors (Lipinski definition) is 5. The highest BCUT2D eigenvalue weighted by Gasteiger charge is 2.34. The Morgan fingerprint density at radius 2 is 2.03 bits per heavy atom. The molecule has 6 nitrogen and oxygen atoms in total. The van der Waals surface area contributed by atoms with Gasteiger partial charge in [-0.1, -0.05) is 30.7 Å². The van der Waals surface area contributed by atoms with Crippen LogP contribution < -0.4 is 10.6 Å². The smallest absolute Gasteiger partial charge is 0.397 e. The van der Waals surface area contributed by atoms with Crippen LogP contribution in [0.3, 0.4) is 0 Å². The number of benzene rings is 1. The van der Waals surface area contributed by atoms with Crippen LogP contribution in [0.1, 0.15) is 23.1 Å². The Hall–Kier alpha value is -2.72. The van der Waals surface area contributed by atoms with Gasteiger partial charge in [-0.2, -0.15) is 18.3 Å². The SMILES string of the molecule is CCSc1c(C(=O)N(C)c2cnc(C(F)(F)F)cc2N)nn(C)c1-c1cccc(Cl)c1. The third kappa shape index (κ3) is 4.64. The van der Waals surface area contributed by atoms with Crippen LogP contribution >= 0.6 is 23.4 Å². The number of aromatic nitrogens is 3. The third-order valence-corrected chi connectivity index (χ3v) is 5.66. The van der Waals surface area contributed by atoms with E-state index in [9.17, 15) is 18.0 Å². The first kappa shape index (κ1) is 23.0. The molecule has 0 aliphatic rings. The summed E-state index contributed by atoms with van der Waals surface area (Å²) in [5, 5.41) is 4.93. The van der Waals surface area contributed by atoms with Crippen LogP contribution in [0.15, 0.2) is 41.4 Å². The van der Waals surface area contributed by atoms with Crippen molar-refractivity contribution in [1.82, 2.24) is 14.8 Å². The molecule has 3 aromatic rings. The van der Waals surface area contributed by atoms with Gasteiger partial charge in [0, 0.05) is 24.7 Å². The minimum absolute atomic E-state index is 0.0559. The lowest BCUT2D eigenvalue weighted by Gasteiger charge is -2.19. The van der Waals surface area contributed by atoms with Gasteiger partial charge >= 0.3 is 6.18 Å². The number of anilines is 2. The van der Waals surface area contributed by atoms with Crippen molar-refractivity contribution in [1.29, 1.82) is 0 Å². The molecule has 2 aromatic heterocycles. The van der Waals surface area contributed by atoms with Gasteiger partial charge in [-0.3, -0.25) is 9.48 Å². The Labute approximate surface area is 186 Å². The van der Waals surface area contributed by atoms with Gasteiger partial charge < -0.3 is 10.6 Å². The fourth-order valence-electron chi connectivity index (χ4n) is 3.05. The number of pyridine rings is 1. The number of halogens is 4. The third-order valence-electron chi connectivity index (χ3n) is 4.46. The number of alkyl halides is 3. The van der Waals surface area contributed by atoms with Gasteiger partial charge in [0.2, 0.25) is 0 Å². The monoisotopic (exact) mass is 469 g/mol. The highest BCUT2D eigenvalue weighted by Crippen LogP contribution is 2.37. The van der Waals surface area contributed by atoms with Crippen molar-refractivity contribution < 1.29 is 18.0 Å². The molecule has 31 heavy (non-hydrogen) atoms. The van der Waals surface area contributed by atoms with Crippen molar-refractivity contribution in [3.8, 4) is 11.3 Å². The lowest BCUT2D eigenvalue weighted by Crippen LogP contribution is -2.28. The minimum Gasteiger partial charge on any atom is -0.397 e. The molecule has 2 heterocycles. The van der Waals surface area contributed by atoms with Crippen molar-refractivity contribution in [3.05, 3.63) is 52.9 Å². The zero-order valence-electron chi connectivity index (χ0n) is 16.9. The van der Waals surface area contributed by atoms with Gasteiger partial charge in [-0.25, -0.2) is 4.98 Å². The molecule has 0 aliphatic carbocycles. The second-order valence-corrected chi connectivity index (χ2v) is 8.29. The van der Waals surface area contributed by atoms with Crippen molar-refractivity contribution in [2.75, 3.05) is 23.4 Å². The lowest BCUT2D eigenvalue weighted by atomic mass is 10.1. The van der Waals surface area contributed by atoms with Crippen LogP contribution in [0.25, 0.3) is 11.3 Å². The van der Waals surface area contributed by atoms with Gasteiger partial charge in [0.25, 0.3) is 5.91 Å². The molecule has 0 atom stereocenters. The molecule has 0 fully saturated rings. The molecule has 11 heteroatoms. The Morgan fingerprint density at radius 1 is 1.32 bits per heavy atom. The zero-order valence-corrected chi connectivity index (χ0v) is 18.4. The Bertz CT molecular complexity index is 1130. The summed E-state index contributed by atoms with van der Waals surface area (Å²) < 4.78 is 40.2. The molecule has 1 aromatic carbocycles. The average Bonchev–Trinajstić information content (AvgIpc) is 3.02. The number of hydrogen-bond donors (Lipinski definition) is 1. The maximum atomic E-state index is 13.2. The number of carbonyl (C=O) groups is 1. The van der Waals surface area contributed by atoms with Crippen LogP contribution in [0.4, 0.5) is 24.5 Å². The summed E-state index contributed by atoms with van der Waals surface area (Å²) in [6.45, 7) is 1.94. The molecule has 0 radical (unpaired) electrons. The van der Waals surface area contributed by atoms with Crippen molar-refractivity contribution >= 4 is 40.6 Å². The number of thioether (sulfide) groups is 1. The maximum absolute atomic E-state index is 13.2. The molecule has 0 saturated carbocycles. The van der Waals surface area contributed by atoms with Crippen LogP contribution in [-0.2, 0) is 13.2 Å². The second-order valence-electron chi connectivity index (χ2n) is 6.58. The number of nitrogens with zero attached hydrogens (tertiary/aromatic N) is 4. The fraction of sp³-hybridized carbons (Fsp3) is 0.250. The van der Waals surface area contributed by atoms with E-state index < -0.39 is 17.8 Å². The predicted octanol–water partition coefficient (Wildman–Crippen LogP) is 5.13. The van der Waals surface area contributed by atoms with Gasteiger partial charge in [0.1, 0.15) is 5.69 Å². The van der Waals surface area contributed by atoms with E-state index in [0.717, 1.165) is 16.7 Å². The van der Waals surface area contributed by atoms with E-state index in [4.69, 9.17) is 17.3 Å². The van der Waals surface area contributed by atoms with Crippen LogP contribution in [-0.4, -0.2) is 33.5 Å². The topological polar surface area (TPSA) is 77.0 Å². The largest absolute Gasteiger partial charge is 0.433 e. The molecule has 2 N–H and O–H groups in total. The van der Waals surface area contributed by atoms with Gasteiger partial charge in [0.05, 0.1) is 28.2 Å². The molecule has 164 valence electrons. The number of aryl methyl sites for hydroxylation is 1. The molecule has 0 saturated heterocycles. The van der Waals surface area contributed by atoms with E-state index >= 15 is 0 Å². The summed E-state index contributed by atoms with van der Waals surface area (Å²) in [7, 11) is 3.12. The molecule has 3 rings (SSSR count). The summed E-state index contributed by atoms with van der Waals surface area (Å²) in [6, 6.07) is 7.88. The number of rotatable bonds is 5. The summed E-state index contributed by atoms with van der Waals surface area (Å²) in [5.41, 5.74) is 6.17. The van der Waals surface area contributed by atoms with E-state index in [0.29, 0.717) is 27.4 Å². The summed E-state index contributed by atoms with van der Waals surface area (Å²) in [5.74, 6) is 0.154. The normalized spacial score (nSPS) is 11.6. The molecule has 1 amide bonds. The van der Waals surface area contributed by atoms with Gasteiger partial charge in [-0.05, 0) is 24.0 Å². The van der Waals surface area contributed by atoms with Crippen LogP contribution in [0.2, 0.25) is 5.02 Å². The van der Waals surface area contributed by atoms with Crippen LogP contribution in [0, 0.1) is 0 Å². The molecule has 0 spiro atoms. The molecule has 0 aliphatic heterocycles. The first-order valence-electron chi connectivity index (χ1n) is 9.11. The standard InChI is InChI=1S/C20H19ClF3N5OS/c1-4-31-18-16(27-29(3)17(18)11-6-5-7-12(21)8-11)19(30)28(2)14-10-26-15(9-13(14)25)20(22,23)24/h5-10H,4H2,1-3H3,(H2,25,26). The van der Waals surface area contributed by atoms with E-state index in [-0.39, 0.29) is 17.1 Å². The Balaban J connectivity index is 2.05. The van der Waals surface area contributed by atoms with E-state index in [1.165, 1.54) is 18.8 Å². The van der Waals surface area contributed by atoms with Crippen molar-refractivity contribution in [2.45, 2.75) is 18.0 Å². The summed E-state index contributed by atoms with van der Waals surface area (Å²) >= 11 is 7.56. The average molecular weight is 470 g/mol. The quantitative estimate of drug-likeness (QED) is 0.524. The Kier molecular flexibility index (Phi) is 6.51. The van der Waals surface area contributed by atoms with E-state index in [1.54, 1.807) is 29.9 Å². The predicted molar refractivity (Wildman–Crippen MR) is 116 cm³/mol. The highest BCUT2D eigenvalue weighted by atomic mass is 35.5. The maximum Gasteiger partial charge on any atom is 0.433 e. The van der Waals surface area contributed by atoms with Gasteiger partial charge in [-0.15, -0.1) is 11.8 Å². The summed E-state index contributed by atoms with van der Waals surface area (Å²) in [4.78, 5) is 18.4. The lowest BCUT2D eigenvalue weighted by molar-refractivity contribution is -0.141. The Morgan fingerprint density at radius 3 is 2.61 bits per heavy atom. The first-order valence-corrected chi connectivity index (χ1v) is 10.5. The van der Waals surface area contributed by atoms with E-state index in [2.05, 4.69) is 10.1 Å². The number of nitrogen functional groups attached to an aromatic ring is 1. The molecule has 0 unspecified atom stereocenters. The highest BCUT2D eigenvalue weighted by molar-refractivity contribution is 7.99. The van der Waals surface area contributed by atoms with Crippen molar-refractivity contribution in [3.63, 3.8) is 0 Å². The number of amides is 1.